The summed E-state index contributed by atoms with van der Waals surface area (Å²) in [6.07, 6.45) is 4.42. The number of piperidine rings is 1. The number of hydrogen-bond acceptors (Lipinski definition) is 3. The van der Waals surface area contributed by atoms with Gasteiger partial charge in [-0.25, -0.2) is 4.98 Å². The van der Waals surface area contributed by atoms with Crippen molar-refractivity contribution in [2.75, 3.05) is 13.1 Å². The number of aromatic amines is 1. The highest BCUT2D eigenvalue weighted by molar-refractivity contribution is 5.78. The first-order valence-corrected chi connectivity index (χ1v) is 8.87. The summed E-state index contributed by atoms with van der Waals surface area (Å²) in [5.74, 6) is 1.56. The molecular formula is C20H23N5. The second-order valence-corrected chi connectivity index (χ2v) is 7.12. The van der Waals surface area contributed by atoms with Crippen LogP contribution in [0.1, 0.15) is 41.4 Å². The summed E-state index contributed by atoms with van der Waals surface area (Å²) in [6.45, 7) is 5.12. The lowest BCUT2D eigenvalue weighted by Crippen LogP contribution is -2.34. The number of benzene rings is 1. The van der Waals surface area contributed by atoms with Gasteiger partial charge in [-0.15, -0.1) is 0 Å². The average molecular weight is 333 g/mol. The molecule has 5 nitrogen and oxygen atoms in total. The zero-order valence-corrected chi connectivity index (χ0v) is 14.8. The van der Waals surface area contributed by atoms with Gasteiger partial charge in [0.05, 0.1) is 11.0 Å². The number of rotatable bonds is 3. The van der Waals surface area contributed by atoms with E-state index in [2.05, 4.69) is 47.3 Å². The number of H-pyrrole nitrogens is 1. The fourth-order valence-corrected chi connectivity index (χ4v) is 3.90. The topological polar surface area (TPSA) is 60.6 Å². The number of fused-ring (bicyclic) bond motifs is 1. The van der Waals surface area contributed by atoms with E-state index in [-0.39, 0.29) is 0 Å². The zero-order chi connectivity index (χ0) is 17.4. The van der Waals surface area contributed by atoms with Crippen molar-refractivity contribution >= 4 is 11.0 Å². The van der Waals surface area contributed by atoms with E-state index in [1.807, 2.05) is 17.7 Å². The van der Waals surface area contributed by atoms with Crippen molar-refractivity contribution in [2.24, 2.45) is 7.05 Å². The average Bonchev–Trinajstić information content (AvgIpc) is 3.19. The molecule has 1 aliphatic rings. The quantitative estimate of drug-likeness (QED) is 0.798. The maximum atomic E-state index is 9.12. The van der Waals surface area contributed by atoms with E-state index >= 15 is 0 Å². The Morgan fingerprint density at radius 1 is 1.40 bits per heavy atom. The maximum Gasteiger partial charge on any atom is 0.120 e. The van der Waals surface area contributed by atoms with E-state index in [0.29, 0.717) is 5.92 Å². The van der Waals surface area contributed by atoms with Gasteiger partial charge in [0.15, 0.2) is 0 Å². The summed E-state index contributed by atoms with van der Waals surface area (Å²) in [7, 11) is 1.93. The second kappa shape index (κ2) is 6.38. The lowest BCUT2D eigenvalue weighted by atomic mass is 9.97. The minimum atomic E-state index is 0.444. The van der Waals surface area contributed by atoms with Crippen LogP contribution >= 0.6 is 0 Å². The predicted octanol–water partition coefficient (Wildman–Crippen LogP) is 3.46. The van der Waals surface area contributed by atoms with Crippen molar-refractivity contribution in [1.82, 2.24) is 19.4 Å². The standard InChI is InChI=1S/C20H23N5/c1-14-5-3-7-18-19(14)23-20(22-18)16-6-4-8-25(13-16)12-15-9-17(10-21)24(2)11-15/h3,5,7,9,11,16H,4,6,8,12-13H2,1-2H3,(H,22,23). The third kappa shape index (κ3) is 3.06. The Kier molecular flexibility index (Phi) is 4.06. The molecule has 1 aliphatic heterocycles. The van der Waals surface area contributed by atoms with E-state index in [0.717, 1.165) is 42.2 Å². The first-order valence-electron chi connectivity index (χ1n) is 8.87. The second-order valence-electron chi connectivity index (χ2n) is 7.12. The SMILES string of the molecule is Cc1cccc2[nH]c(C3CCCN(Cc4cc(C#N)n(C)c4)C3)nc12. The Morgan fingerprint density at radius 2 is 2.28 bits per heavy atom. The van der Waals surface area contributed by atoms with Gasteiger partial charge in [0.2, 0.25) is 0 Å². The molecule has 25 heavy (non-hydrogen) atoms. The summed E-state index contributed by atoms with van der Waals surface area (Å²) < 4.78 is 1.90. The first-order chi connectivity index (χ1) is 12.1. The summed E-state index contributed by atoms with van der Waals surface area (Å²) in [4.78, 5) is 10.9. The number of aryl methyl sites for hydroxylation is 2. The largest absolute Gasteiger partial charge is 0.342 e. The minimum Gasteiger partial charge on any atom is -0.342 e. The molecule has 2 aromatic heterocycles. The van der Waals surface area contributed by atoms with Gasteiger partial charge < -0.3 is 9.55 Å². The van der Waals surface area contributed by atoms with Gasteiger partial charge in [-0.05, 0) is 49.6 Å². The smallest absolute Gasteiger partial charge is 0.120 e. The number of nitrogens with zero attached hydrogens (tertiary/aromatic N) is 4. The van der Waals surface area contributed by atoms with Crippen molar-refractivity contribution in [1.29, 1.82) is 5.26 Å². The molecule has 1 fully saturated rings. The molecule has 1 atom stereocenters. The number of aromatic nitrogens is 3. The van der Waals surface area contributed by atoms with Crippen LogP contribution < -0.4 is 0 Å². The Labute approximate surface area is 147 Å². The highest BCUT2D eigenvalue weighted by Gasteiger charge is 2.24. The van der Waals surface area contributed by atoms with E-state index in [4.69, 9.17) is 10.2 Å². The highest BCUT2D eigenvalue weighted by Crippen LogP contribution is 2.28. The minimum absolute atomic E-state index is 0.444. The molecule has 0 bridgehead atoms. The normalized spacial score (nSPS) is 18.5. The molecule has 0 saturated carbocycles. The third-order valence-electron chi connectivity index (χ3n) is 5.21. The van der Waals surface area contributed by atoms with Crippen LogP contribution in [-0.2, 0) is 13.6 Å². The highest BCUT2D eigenvalue weighted by atomic mass is 15.1. The number of imidazole rings is 1. The fourth-order valence-electron chi connectivity index (χ4n) is 3.90. The van der Waals surface area contributed by atoms with Crippen molar-refractivity contribution in [3.63, 3.8) is 0 Å². The molecule has 0 aliphatic carbocycles. The van der Waals surface area contributed by atoms with Crippen LogP contribution in [0.5, 0.6) is 0 Å². The molecule has 4 rings (SSSR count). The van der Waals surface area contributed by atoms with Crippen LogP contribution in [0, 0.1) is 18.3 Å². The molecule has 1 saturated heterocycles. The molecule has 0 spiro atoms. The van der Waals surface area contributed by atoms with E-state index in [9.17, 15) is 0 Å². The summed E-state index contributed by atoms with van der Waals surface area (Å²) in [6, 6.07) is 10.5. The monoisotopic (exact) mass is 333 g/mol. The van der Waals surface area contributed by atoms with Crippen LogP contribution in [0.15, 0.2) is 30.5 Å². The molecule has 3 heterocycles. The van der Waals surface area contributed by atoms with Crippen LogP contribution in [0.3, 0.4) is 0 Å². The third-order valence-corrected chi connectivity index (χ3v) is 5.21. The van der Waals surface area contributed by atoms with Gasteiger partial charge in [-0.2, -0.15) is 5.26 Å². The van der Waals surface area contributed by atoms with E-state index in [1.54, 1.807) is 0 Å². The lowest BCUT2D eigenvalue weighted by Gasteiger charge is -2.31. The van der Waals surface area contributed by atoms with Gasteiger partial charge in [-0.1, -0.05) is 12.1 Å². The zero-order valence-electron chi connectivity index (χ0n) is 14.8. The van der Waals surface area contributed by atoms with Crippen LogP contribution in [0.25, 0.3) is 11.0 Å². The van der Waals surface area contributed by atoms with Gasteiger partial charge in [-0.3, -0.25) is 4.90 Å². The van der Waals surface area contributed by atoms with Crippen molar-refractivity contribution in [3.05, 3.63) is 53.1 Å². The number of likely N-dealkylation sites (tertiary alicyclic amines) is 1. The van der Waals surface area contributed by atoms with Gasteiger partial charge in [0.1, 0.15) is 17.6 Å². The molecule has 1 unspecified atom stereocenters. The van der Waals surface area contributed by atoms with Crippen LogP contribution in [0.4, 0.5) is 0 Å². The van der Waals surface area contributed by atoms with Crippen molar-refractivity contribution < 1.29 is 0 Å². The number of hydrogen-bond donors (Lipinski definition) is 1. The maximum absolute atomic E-state index is 9.12. The summed E-state index contributed by atoms with van der Waals surface area (Å²) >= 11 is 0. The number of para-hydroxylation sites is 1. The van der Waals surface area contributed by atoms with E-state index in [1.165, 1.54) is 24.0 Å². The van der Waals surface area contributed by atoms with Crippen molar-refractivity contribution in [2.45, 2.75) is 32.2 Å². The molecular weight excluding hydrogens is 310 g/mol. The number of nitrogens with one attached hydrogen (secondary N) is 1. The van der Waals surface area contributed by atoms with Gasteiger partial charge in [0.25, 0.3) is 0 Å². The summed E-state index contributed by atoms with van der Waals surface area (Å²) in [5.41, 5.74) is 5.38. The van der Waals surface area contributed by atoms with Crippen molar-refractivity contribution in [3.8, 4) is 6.07 Å². The molecule has 1 N–H and O–H groups in total. The fraction of sp³-hybridized carbons (Fsp3) is 0.400. The summed E-state index contributed by atoms with van der Waals surface area (Å²) in [5, 5.41) is 9.12. The molecule has 1 aromatic carbocycles. The predicted molar refractivity (Wildman–Crippen MR) is 98.2 cm³/mol. The Balaban J connectivity index is 1.51. The van der Waals surface area contributed by atoms with Crippen LogP contribution in [-0.4, -0.2) is 32.5 Å². The first kappa shape index (κ1) is 15.9. The number of nitriles is 1. The molecule has 0 radical (unpaired) electrons. The Hall–Kier alpha value is -2.58. The lowest BCUT2D eigenvalue weighted by molar-refractivity contribution is 0.197. The Bertz CT molecular complexity index is 943. The molecule has 3 aromatic rings. The van der Waals surface area contributed by atoms with Crippen LogP contribution in [0.2, 0.25) is 0 Å². The molecule has 5 heteroatoms. The Morgan fingerprint density at radius 3 is 3.04 bits per heavy atom. The molecule has 0 amide bonds. The van der Waals surface area contributed by atoms with E-state index < -0.39 is 0 Å². The molecule has 128 valence electrons. The van der Waals surface area contributed by atoms with Gasteiger partial charge >= 0.3 is 0 Å². The van der Waals surface area contributed by atoms with Gasteiger partial charge in [0, 0.05) is 32.3 Å².